The zero-order chi connectivity index (χ0) is 14.8. The topological polar surface area (TPSA) is 33.5 Å². The number of nitrogens with zero attached hydrogens (tertiary/aromatic N) is 1. The van der Waals surface area contributed by atoms with Gasteiger partial charge in [-0.1, -0.05) is 12.1 Å². The fraction of sp³-hybridized carbons (Fsp3) is 0.235. The summed E-state index contributed by atoms with van der Waals surface area (Å²) in [5, 5.41) is 0. The number of hydrogen-bond acceptors (Lipinski definition) is 3. The van der Waals surface area contributed by atoms with Crippen LogP contribution in [0.2, 0.25) is 0 Å². The van der Waals surface area contributed by atoms with Gasteiger partial charge in [0.1, 0.15) is 11.6 Å². The van der Waals surface area contributed by atoms with Crippen LogP contribution in [-0.4, -0.2) is 18.9 Å². The van der Waals surface area contributed by atoms with E-state index in [0.29, 0.717) is 12.2 Å². The Balaban J connectivity index is 1.94. The van der Waals surface area contributed by atoms with Crippen molar-refractivity contribution in [1.82, 2.24) is 0 Å². The summed E-state index contributed by atoms with van der Waals surface area (Å²) in [5.74, 6) is 0.104. The van der Waals surface area contributed by atoms with Crippen LogP contribution in [0.25, 0.3) is 5.57 Å². The van der Waals surface area contributed by atoms with E-state index in [4.69, 9.17) is 4.42 Å². The molecule has 2 heterocycles. The van der Waals surface area contributed by atoms with E-state index in [1.165, 1.54) is 13.0 Å². The quantitative estimate of drug-likeness (QED) is 0.802. The summed E-state index contributed by atoms with van der Waals surface area (Å²) < 4.78 is 19.4. The molecule has 1 aromatic heterocycles. The van der Waals surface area contributed by atoms with Crippen LogP contribution in [0.15, 0.2) is 47.1 Å². The number of ketones is 1. The molecule has 1 aromatic carbocycles. The predicted octanol–water partition coefficient (Wildman–Crippen LogP) is 3.92. The van der Waals surface area contributed by atoms with Crippen molar-refractivity contribution in [3.63, 3.8) is 0 Å². The predicted molar refractivity (Wildman–Crippen MR) is 79.9 cm³/mol. The van der Waals surface area contributed by atoms with E-state index < -0.39 is 5.82 Å². The second-order valence-electron chi connectivity index (χ2n) is 5.11. The lowest BCUT2D eigenvalue weighted by molar-refractivity contribution is 0.101. The first-order chi connectivity index (χ1) is 10.2. The van der Waals surface area contributed by atoms with Crippen LogP contribution in [0.4, 0.5) is 10.1 Å². The summed E-state index contributed by atoms with van der Waals surface area (Å²) in [6.07, 6.45) is 4.60. The van der Waals surface area contributed by atoms with Gasteiger partial charge in [0.05, 0.1) is 17.5 Å². The second kappa shape index (κ2) is 5.56. The van der Waals surface area contributed by atoms with Crippen LogP contribution in [0.1, 0.15) is 29.5 Å². The second-order valence-corrected chi connectivity index (χ2v) is 5.11. The van der Waals surface area contributed by atoms with Crippen molar-refractivity contribution < 1.29 is 13.6 Å². The van der Waals surface area contributed by atoms with Crippen molar-refractivity contribution in [3.8, 4) is 0 Å². The van der Waals surface area contributed by atoms with E-state index in [9.17, 15) is 9.18 Å². The molecule has 0 fully saturated rings. The number of furan rings is 1. The Morgan fingerprint density at radius 3 is 2.86 bits per heavy atom. The van der Waals surface area contributed by atoms with Crippen molar-refractivity contribution in [1.29, 1.82) is 0 Å². The largest absolute Gasteiger partial charge is 0.465 e. The molecule has 1 aliphatic heterocycles. The number of hydrogen-bond donors (Lipinski definition) is 0. The summed E-state index contributed by atoms with van der Waals surface area (Å²) in [6, 6.07) is 8.52. The van der Waals surface area contributed by atoms with Crippen molar-refractivity contribution in [2.75, 3.05) is 18.0 Å². The molecule has 0 unspecified atom stereocenters. The summed E-state index contributed by atoms with van der Waals surface area (Å²) >= 11 is 0. The standard InChI is InChI=1S/C17H16FNO2/c1-12(20)17-14(18)6-2-7-15(17)19-9-3-5-13(11-19)16-8-4-10-21-16/h2,4-8,10H,3,9,11H2,1H3. The van der Waals surface area contributed by atoms with Crippen LogP contribution in [0.3, 0.4) is 0 Å². The first-order valence-electron chi connectivity index (χ1n) is 6.94. The molecule has 0 radical (unpaired) electrons. The first-order valence-corrected chi connectivity index (χ1v) is 6.94. The average Bonchev–Trinajstić information content (AvgIpc) is 3.01. The Morgan fingerprint density at radius 1 is 1.29 bits per heavy atom. The molecule has 0 saturated carbocycles. The normalized spacial score (nSPS) is 15.0. The summed E-state index contributed by atoms with van der Waals surface area (Å²) in [5.41, 5.74) is 1.88. The lowest BCUT2D eigenvalue weighted by Crippen LogP contribution is -2.30. The average molecular weight is 285 g/mol. The van der Waals surface area contributed by atoms with Crippen molar-refractivity contribution in [2.24, 2.45) is 0 Å². The Labute approximate surface area is 122 Å². The van der Waals surface area contributed by atoms with Crippen molar-refractivity contribution >= 4 is 17.0 Å². The fourth-order valence-electron chi connectivity index (χ4n) is 2.71. The highest BCUT2D eigenvalue weighted by molar-refractivity contribution is 6.00. The van der Waals surface area contributed by atoms with Crippen molar-refractivity contribution in [2.45, 2.75) is 13.3 Å². The molecule has 0 spiro atoms. The van der Waals surface area contributed by atoms with Gasteiger partial charge in [-0.25, -0.2) is 4.39 Å². The van der Waals surface area contributed by atoms with E-state index in [1.807, 2.05) is 17.0 Å². The van der Waals surface area contributed by atoms with Gasteiger partial charge >= 0.3 is 0 Å². The molecule has 3 rings (SSSR count). The first kappa shape index (κ1) is 13.6. The third-order valence-electron chi connectivity index (χ3n) is 3.67. The molecule has 4 heteroatoms. The van der Waals surface area contributed by atoms with Gasteiger partial charge in [-0.15, -0.1) is 0 Å². The number of anilines is 1. The molecular weight excluding hydrogens is 269 g/mol. The lowest BCUT2D eigenvalue weighted by atomic mass is 10.0. The fourth-order valence-corrected chi connectivity index (χ4v) is 2.71. The Hall–Kier alpha value is -2.36. The van der Waals surface area contributed by atoms with Crippen LogP contribution in [0.5, 0.6) is 0 Å². The maximum atomic E-state index is 13.9. The highest BCUT2D eigenvalue weighted by atomic mass is 19.1. The number of carbonyl (C=O) groups is 1. The number of rotatable bonds is 3. The minimum absolute atomic E-state index is 0.165. The van der Waals surface area contributed by atoms with E-state index in [1.54, 1.807) is 18.4 Å². The van der Waals surface area contributed by atoms with Crippen LogP contribution in [0, 0.1) is 5.82 Å². The van der Waals surface area contributed by atoms with E-state index in [-0.39, 0.29) is 11.3 Å². The smallest absolute Gasteiger partial charge is 0.164 e. The monoisotopic (exact) mass is 285 g/mol. The molecule has 2 aromatic rings. The molecule has 0 bridgehead atoms. The Kier molecular flexibility index (Phi) is 3.60. The molecule has 0 saturated heterocycles. The van der Waals surface area contributed by atoms with E-state index >= 15 is 0 Å². The highest BCUT2D eigenvalue weighted by Crippen LogP contribution is 2.29. The molecule has 0 aliphatic carbocycles. The number of carbonyl (C=O) groups excluding carboxylic acids is 1. The molecule has 0 atom stereocenters. The van der Waals surface area contributed by atoms with Gasteiger partial charge in [0.15, 0.2) is 5.78 Å². The molecule has 21 heavy (non-hydrogen) atoms. The number of Topliss-reactive ketones (excluding diaryl/α,β-unsaturated/α-hetero) is 1. The van der Waals surface area contributed by atoms with Crippen LogP contribution < -0.4 is 4.90 Å². The SMILES string of the molecule is CC(=O)c1c(F)cccc1N1CCC=C(c2ccco2)C1. The molecule has 0 amide bonds. The minimum Gasteiger partial charge on any atom is -0.465 e. The minimum atomic E-state index is -0.464. The highest BCUT2D eigenvalue weighted by Gasteiger charge is 2.21. The van der Waals surface area contributed by atoms with Gasteiger partial charge in [-0.3, -0.25) is 4.79 Å². The lowest BCUT2D eigenvalue weighted by Gasteiger charge is -2.30. The van der Waals surface area contributed by atoms with Gasteiger partial charge in [0, 0.05) is 18.7 Å². The molecule has 3 nitrogen and oxygen atoms in total. The molecule has 1 aliphatic rings. The van der Waals surface area contributed by atoms with Crippen LogP contribution in [-0.2, 0) is 0 Å². The van der Waals surface area contributed by atoms with Gasteiger partial charge in [0.25, 0.3) is 0 Å². The summed E-state index contributed by atoms with van der Waals surface area (Å²) in [4.78, 5) is 13.8. The van der Waals surface area contributed by atoms with Crippen LogP contribution >= 0.6 is 0 Å². The maximum absolute atomic E-state index is 13.9. The Morgan fingerprint density at radius 2 is 2.14 bits per heavy atom. The Bertz CT molecular complexity index is 689. The third-order valence-corrected chi connectivity index (χ3v) is 3.67. The zero-order valence-corrected chi connectivity index (χ0v) is 11.8. The third kappa shape index (κ3) is 2.61. The maximum Gasteiger partial charge on any atom is 0.164 e. The summed E-state index contributed by atoms with van der Waals surface area (Å²) in [7, 11) is 0. The number of benzene rings is 1. The number of halogens is 1. The van der Waals surface area contributed by atoms with Gasteiger partial charge in [-0.05, 0) is 37.6 Å². The zero-order valence-electron chi connectivity index (χ0n) is 11.8. The van der Waals surface area contributed by atoms with E-state index in [2.05, 4.69) is 6.08 Å². The van der Waals surface area contributed by atoms with E-state index in [0.717, 1.165) is 24.3 Å². The van der Waals surface area contributed by atoms with Gasteiger partial charge in [-0.2, -0.15) is 0 Å². The van der Waals surface area contributed by atoms with Crippen molar-refractivity contribution in [3.05, 3.63) is 59.8 Å². The van der Waals surface area contributed by atoms with Gasteiger partial charge in [0.2, 0.25) is 0 Å². The molecule has 108 valence electrons. The molecular formula is C17H16FNO2. The summed E-state index contributed by atoms with van der Waals surface area (Å²) in [6.45, 7) is 2.76. The van der Waals surface area contributed by atoms with Gasteiger partial charge < -0.3 is 9.32 Å². The molecule has 0 N–H and O–H groups in total.